The highest BCUT2D eigenvalue weighted by Crippen LogP contribution is 2.35. The molecular weight excluding hydrogens is 534 g/mol. The highest BCUT2D eigenvalue weighted by molar-refractivity contribution is 7.90. The van der Waals surface area contributed by atoms with E-state index in [9.17, 15) is 8.42 Å². The van der Waals surface area contributed by atoms with Gasteiger partial charge >= 0.3 is 0 Å². The molecule has 1 fully saturated rings. The largest absolute Gasteiger partial charge is 0.357 e. The summed E-state index contributed by atoms with van der Waals surface area (Å²) in [5, 5.41) is 0. The highest BCUT2D eigenvalue weighted by atomic mass is 32.2. The van der Waals surface area contributed by atoms with Crippen LogP contribution in [0.5, 0.6) is 0 Å². The van der Waals surface area contributed by atoms with Gasteiger partial charge in [0, 0.05) is 65.5 Å². The number of rotatable bonds is 9. The van der Waals surface area contributed by atoms with E-state index in [0.717, 1.165) is 31.8 Å². The van der Waals surface area contributed by atoms with Crippen molar-refractivity contribution in [2.45, 2.75) is 44.9 Å². The molecular formula is C29H34F2N6O2S. The average Bonchev–Trinajstić information content (AvgIpc) is 3.33. The van der Waals surface area contributed by atoms with Crippen LogP contribution in [0.15, 0.2) is 49.2 Å². The number of anilines is 1. The van der Waals surface area contributed by atoms with Gasteiger partial charge in [0.05, 0.1) is 22.5 Å². The van der Waals surface area contributed by atoms with E-state index in [1.807, 2.05) is 0 Å². The summed E-state index contributed by atoms with van der Waals surface area (Å²) < 4.78 is 82.6. The summed E-state index contributed by atoms with van der Waals surface area (Å²) in [6, 6.07) is 5.06. The zero-order chi connectivity index (χ0) is 30.9. The predicted octanol–water partition coefficient (Wildman–Crippen LogP) is 5.01. The van der Waals surface area contributed by atoms with Crippen LogP contribution in [0.1, 0.15) is 42.8 Å². The summed E-state index contributed by atoms with van der Waals surface area (Å²) in [6.07, 6.45) is 7.58. The monoisotopic (exact) mass is 571 g/mol. The Morgan fingerprint density at radius 3 is 2.52 bits per heavy atom. The lowest BCUT2D eigenvalue weighted by atomic mass is 10.0. The number of piperidine rings is 1. The first-order valence-electron chi connectivity index (χ1n) is 14.9. The Morgan fingerprint density at radius 1 is 1.10 bits per heavy atom. The molecule has 5 rings (SSSR count). The van der Waals surface area contributed by atoms with Crippen molar-refractivity contribution in [1.82, 2.24) is 24.4 Å². The van der Waals surface area contributed by atoms with Crippen LogP contribution in [0.3, 0.4) is 0 Å². The van der Waals surface area contributed by atoms with E-state index in [1.54, 1.807) is 19.1 Å². The molecule has 0 radical (unpaired) electrons. The van der Waals surface area contributed by atoms with Crippen molar-refractivity contribution in [2.75, 3.05) is 37.3 Å². The number of sulfone groups is 1. The van der Waals surface area contributed by atoms with Gasteiger partial charge in [0.15, 0.2) is 15.7 Å². The summed E-state index contributed by atoms with van der Waals surface area (Å²) in [6.45, 7) is 3.73. The fraction of sp³-hybridized carbons (Fsp3) is 0.414. The number of hydrogen-bond acceptors (Lipinski definition) is 7. The fourth-order valence-electron chi connectivity index (χ4n) is 5.28. The minimum absolute atomic E-state index is 0.117. The van der Waals surface area contributed by atoms with Crippen molar-refractivity contribution >= 4 is 26.7 Å². The van der Waals surface area contributed by atoms with Crippen molar-refractivity contribution in [2.24, 2.45) is 0 Å². The van der Waals surface area contributed by atoms with Crippen LogP contribution in [0.25, 0.3) is 27.8 Å². The molecule has 0 amide bonds. The van der Waals surface area contributed by atoms with Crippen LogP contribution in [-0.2, 0) is 15.6 Å². The van der Waals surface area contributed by atoms with Gasteiger partial charge in [0.2, 0.25) is 0 Å². The summed E-state index contributed by atoms with van der Waals surface area (Å²) in [5.41, 5.74) is 0.955. The molecule has 3 aromatic heterocycles. The number of pyridine rings is 1. The molecule has 4 aromatic rings. The maximum Gasteiger partial charge on any atom is 0.154 e. The number of halogens is 2. The van der Waals surface area contributed by atoms with Crippen molar-refractivity contribution in [1.29, 1.82) is 0 Å². The molecule has 0 spiro atoms. The summed E-state index contributed by atoms with van der Waals surface area (Å²) in [7, 11) is -3.61. The van der Waals surface area contributed by atoms with Crippen LogP contribution in [-0.4, -0.2) is 71.2 Å². The lowest BCUT2D eigenvalue weighted by Crippen LogP contribution is -2.43. The minimum Gasteiger partial charge on any atom is -0.357 e. The van der Waals surface area contributed by atoms with Gasteiger partial charge in [-0.3, -0.25) is 0 Å². The predicted molar refractivity (Wildman–Crippen MR) is 153 cm³/mol. The molecule has 0 N–H and O–H groups in total. The lowest BCUT2D eigenvalue weighted by molar-refractivity contribution is 0.220. The van der Waals surface area contributed by atoms with E-state index in [4.69, 9.17) is 9.10 Å². The second-order valence-corrected chi connectivity index (χ2v) is 12.3. The Balaban J connectivity index is 1.68. The van der Waals surface area contributed by atoms with Crippen LogP contribution in [0, 0.1) is 11.6 Å². The quantitative estimate of drug-likeness (QED) is 0.279. The first-order chi connectivity index (χ1) is 20.4. The third-order valence-electron chi connectivity index (χ3n) is 7.40. The normalized spacial score (nSPS) is 16.6. The second-order valence-electron chi connectivity index (χ2n) is 10.1. The Kier molecular flexibility index (Phi) is 7.05. The molecule has 1 saturated heterocycles. The Hall–Kier alpha value is -3.44. The smallest absolute Gasteiger partial charge is 0.154 e. The Labute approximate surface area is 237 Å². The van der Waals surface area contributed by atoms with Gasteiger partial charge in [0.1, 0.15) is 23.6 Å². The molecule has 0 atom stereocenters. The van der Waals surface area contributed by atoms with Gasteiger partial charge in [-0.15, -0.1) is 0 Å². The molecule has 212 valence electrons. The first-order valence-corrected chi connectivity index (χ1v) is 15.2. The fourth-order valence-corrected chi connectivity index (χ4v) is 6.74. The van der Waals surface area contributed by atoms with Crippen LogP contribution in [0.2, 0.25) is 0 Å². The molecule has 0 saturated carbocycles. The average molecular weight is 572 g/mol. The molecule has 4 heterocycles. The van der Waals surface area contributed by atoms with Gasteiger partial charge in [-0.25, -0.2) is 32.2 Å². The lowest BCUT2D eigenvalue weighted by Gasteiger charge is -2.36. The van der Waals surface area contributed by atoms with Crippen LogP contribution < -0.4 is 4.90 Å². The maximum atomic E-state index is 15.9. The first kappa shape index (κ1) is 24.4. The molecule has 40 heavy (non-hydrogen) atoms. The third kappa shape index (κ3) is 5.57. The standard InChI is InChI=1S/C29H34F2N6O2S/c1-4-14-40(38,39)18-20-6-7-24(30)29(27(20)31)37-17-23(21-15-32-19-33-16-21)28-25(37)8-9-26(34-28)35(3)22-10-12-36(5-2)13-11-22/h6-9,15-17,19,22H,4-5,10-14,18H2,1-3H3/i3D3. The molecule has 1 aliphatic rings. The molecule has 0 bridgehead atoms. The topological polar surface area (TPSA) is 84.2 Å². The van der Waals surface area contributed by atoms with Crippen LogP contribution >= 0.6 is 0 Å². The number of nitrogens with zero attached hydrogens (tertiary/aromatic N) is 6. The zero-order valence-electron chi connectivity index (χ0n) is 25.5. The third-order valence-corrected chi connectivity index (χ3v) is 9.18. The minimum atomic E-state index is -3.61. The van der Waals surface area contributed by atoms with Gasteiger partial charge in [-0.2, -0.15) is 0 Å². The van der Waals surface area contributed by atoms with Crippen molar-refractivity contribution in [3.05, 3.63) is 66.4 Å². The molecule has 0 aliphatic carbocycles. The second kappa shape index (κ2) is 11.6. The van der Waals surface area contributed by atoms with Crippen molar-refractivity contribution in [3.63, 3.8) is 0 Å². The van der Waals surface area contributed by atoms with Gasteiger partial charge in [-0.1, -0.05) is 19.9 Å². The van der Waals surface area contributed by atoms with Gasteiger partial charge < -0.3 is 14.4 Å². The summed E-state index contributed by atoms with van der Waals surface area (Å²) in [4.78, 5) is 16.6. The van der Waals surface area contributed by atoms with E-state index < -0.39 is 39.9 Å². The van der Waals surface area contributed by atoms with Crippen LogP contribution in [0.4, 0.5) is 14.6 Å². The number of fused-ring (bicyclic) bond motifs is 1. The Morgan fingerprint density at radius 2 is 1.85 bits per heavy atom. The number of hydrogen-bond donors (Lipinski definition) is 0. The van der Waals surface area contributed by atoms with E-state index >= 15 is 8.78 Å². The summed E-state index contributed by atoms with van der Waals surface area (Å²) in [5.74, 6) is -2.35. The SMILES string of the molecule is [2H]C([2H])([2H])N(c1ccc2c(n1)c(-c1cncnc1)cn2-c1c(F)ccc(CS(=O)(=O)CCC)c1F)C1CCN(CC)CC1. The van der Waals surface area contributed by atoms with E-state index in [1.165, 1.54) is 34.4 Å². The number of aromatic nitrogens is 4. The van der Waals surface area contributed by atoms with Crippen molar-refractivity contribution in [3.8, 4) is 16.8 Å². The van der Waals surface area contributed by atoms with E-state index in [-0.39, 0.29) is 23.2 Å². The van der Waals surface area contributed by atoms with E-state index in [2.05, 4.69) is 21.8 Å². The zero-order valence-corrected chi connectivity index (χ0v) is 23.3. The molecule has 1 aromatic carbocycles. The summed E-state index contributed by atoms with van der Waals surface area (Å²) >= 11 is 0. The Bertz CT molecular complexity index is 1710. The molecule has 1 aliphatic heterocycles. The molecule has 8 nitrogen and oxygen atoms in total. The molecule has 11 heteroatoms. The maximum absolute atomic E-state index is 15.9. The highest BCUT2D eigenvalue weighted by Gasteiger charge is 2.26. The van der Waals surface area contributed by atoms with Gasteiger partial charge in [0.25, 0.3) is 0 Å². The number of likely N-dealkylation sites (tertiary alicyclic amines) is 1. The van der Waals surface area contributed by atoms with Gasteiger partial charge in [-0.05, 0) is 44.0 Å². The van der Waals surface area contributed by atoms with E-state index in [0.29, 0.717) is 41.4 Å². The van der Waals surface area contributed by atoms with Crippen molar-refractivity contribution < 1.29 is 21.3 Å². The number of benzene rings is 1. The molecule has 0 unspecified atom stereocenters.